The van der Waals surface area contributed by atoms with Crippen LogP contribution in [0.2, 0.25) is 0 Å². The first kappa shape index (κ1) is 23.8. The van der Waals surface area contributed by atoms with Crippen LogP contribution in [-0.4, -0.2) is 65.7 Å². The van der Waals surface area contributed by atoms with Crippen LogP contribution in [0.15, 0.2) is 53.4 Å². The van der Waals surface area contributed by atoms with Crippen molar-refractivity contribution in [3.05, 3.63) is 59.7 Å². The molecule has 0 radical (unpaired) electrons. The molecule has 2 aromatic carbocycles. The summed E-state index contributed by atoms with van der Waals surface area (Å²) in [5, 5.41) is 2.83. The van der Waals surface area contributed by atoms with Gasteiger partial charge in [-0.25, -0.2) is 8.42 Å². The molecule has 1 aliphatic heterocycles. The molecular weight excluding hydrogens is 432 g/mol. The molecule has 0 saturated carbocycles. The molecule has 9 heteroatoms. The molecule has 172 valence electrons. The maximum absolute atomic E-state index is 12.7. The highest BCUT2D eigenvalue weighted by Gasteiger charge is 2.25. The fourth-order valence-corrected chi connectivity index (χ4v) is 4.68. The summed E-state index contributed by atoms with van der Waals surface area (Å²) in [6.07, 6.45) is 3.71. The van der Waals surface area contributed by atoms with E-state index >= 15 is 0 Å². The van der Waals surface area contributed by atoms with Crippen LogP contribution in [-0.2, 0) is 26.0 Å². The molecule has 3 rings (SSSR count). The summed E-state index contributed by atoms with van der Waals surface area (Å²) in [7, 11) is -0.363. The number of methoxy groups -OCH3 is 2. The lowest BCUT2D eigenvalue weighted by atomic mass is 10.1. The van der Waals surface area contributed by atoms with Crippen LogP contribution in [0.25, 0.3) is 6.08 Å². The Balaban J connectivity index is 1.51. The highest BCUT2D eigenvalue weighted by molar-refractivity contribution is 7.89. The maximum Gasteiger partial charge on any atom is 0.244 e. The normalized spacial score (nSPS) is 14.9. The standard InChI is InChI=1S/C23H28N2O6S/c1-29-20-7-5-19(22(17-20)30-2)6-10-23(26)24-12-11-18-3-8-21(9-4-18)32(27,28)25-13-15-31-16-14-25/h3-10,17H,11-16H2,1-2H3,(H,24,26)/b10-6+. The van der Waals surface area contributed by atoms with Crippen molar-refractivity contribution in [1.82, 2.24) is 9.62 Å². The summed E-state index contributed by atoms with van der Waals surface area (Å²) in [6, 6.07) is 12.1. The molecule has 8 nitrogen and oxygen atoms in total. The molecule has 2 aromatic rings. The summed E-state index contributed by atoms with van der Waals surface area (Å²) in [6.45, 7) is 1.99. The molecule has 0 atom stereocenters. The second-order valence-electron chi connectivity index (χ2n) is 7.14. The smallest absolute Gasteiger partial charge is 0.244 e. The number of benzene rings is 2. The van der Waals surface area contributed by atoms with Crippen molar-refractivity contribution in [2.24, 2.45) is 0 Å². The third-order valence-corrected chi connectivity index (χ3v) is 7.01. The van der Waals surface area contributed by atoms with Gasteiger partial charge in [0.05, 0.1) is 32.3 Å². The van der Waals surface area contributed by atoms with E-state index in [0.717, 1.165) is 11.1 Å². The van der Waals surface area contributed by atoms with Crippen molar-refractivity contribution in [2.75, 3.05) is 47.1 Å². The minimum atomic E-state index is -3.50. The molecule has 1 amide bonds. The second kappa shape index (κ2) is 11.1. The van der Waals surface area contributed by atoms with Crippen molar-refractivity contribution in [2.45, 2.75) is 11.3 Å². The predicted molar refractivity (Wildman–Crippen MR) is 121 cm³/mol. The number of carbonyl (C=O) groups excluding carboxylic acids is 1. The van der Waals surface area contributed by atoms with Crippen molar-refractivity contribution in [1.29, 1.82) is 0 Å². The first-order valence-corrected chi connectivity index (χ1v) is 11.7. The summed E-state index contributed by atoms with van der Waals surface area (Å²) in [5.41, 5.74) is 1.70. The minimum Gasteiger partial charge on any atom is -0.497 e. The number of carbonyl (C=O) groups is 1. The van der Waals surface area contributed by atoms with E-state index in [1.165, 1.54) is 10.4 Å². The third-order valence-electron chi connectivity index (χ3n) is 5.10. The summed E-state index contributed by atoms with van der Waals surface area (Å²) < 4.78 is 42.5. The largest absolute Gasteiger partial charge is 0.497 e. The van der Waals surface area contributed by atoms with Gasteiger partial charge < -0.3 is 19.5 Å². The van der Waals surface area contributed by atoms with Crippen LogP contribution in [0.1, 0.15) is 11.1 Å². The number of rotatable bonds is 9. The molecular formula is C23H28N2O6S. The molecule has 0 bridgehead atoms. The number of amides is 1. The Hall–Kier alpha value is -2.88. The van der Waals surface area contributed by atoms with Gasteiger partial charge >= 0.3 is 0 Å². The number of nitrogens with zero attached hydrogens (tertiary/aromatic N) is 1. The van der Waals surface area contributed by atoms with Crippen molar-refractivity contribution < 1.29 is 27.4 Å². The van der Waals surface area contributed by atoms with Gasteiger partial charge in [-0.3, -0.25) is 4.79 Å². The van der Waals surface area contributed by atoms with Gasteiger partial charge in [0.2, 0.25) is 15.9 Å². The van der Waals surface area contributed by atoms with E-state index < -0.39 is 10.0 Å². The number of nitrogens with one attached hydrogen (secondary N) is 1. The molecule has 1 heterocycles. The molecule has 1 N–H and O–H groups in total. The van der Waals surface area contributed by atoms with Crippen molar-refractivity contribution >= 4 is 22.0 Å². The van der Waals surface area contributed by atoms with Gasteiger partial charge in [0.15, 0.2) is 0 Å². The average molecular weight is 461 g/mol. The minimum absolute atomic E-state index is 0.227. The zero-order valence-corrected chi connectivity index (χ0v) is 19.1. The summed E-state index contributed by atoms with van der Waals surface area (Å²) in [4.78, 5) is 12.4. The third kappa shape index (κ3) is 6.09. The monoisotopic (exact) mass is 460 g/mol. The zero-order chi connectivity index (χ0) is 23.0. The number of sulfonamides is 1. The molecule has 0 spiro atoms. The van der Waals surface area contributed by atoms with Gasteiger partial charge in [0, 0.05) is 37.3 Å². The highest BCUT2D eigenvalue weighted by atomic mass is 32.2. The average Bonchev–Trinajstić information content (AvgIpc) is 2.83. The fourth-order valence-electron chi connectivity index (χ4n) is 3.27. The topological polar surface area (TPSA) is 94.2 Å². The van der Waals surface area contributed by atoms with E-state index in [-0.39, 0.29) is 10.8 Å². The van der Waals surface area contributed by atoms with E-state index in [4.69, 9.17) is 14.2 Å². The number of hydrogen-bond acceptors (Lipinski definition) is 6. The molecule has 0 unspecified atom stereocenters. The van der Waals surface area contributed by atoms with Crippen LogP contribution in [0.3, 0.4) is 0 Å². The zero-order valence-electron chi connectivity index (χ0n) is 18.2. The Bertz CT molecular complexity index is 1040. The molecule has 1 saturated heterocycles. The quantitative estimate of drug-likeness (QED) is 0.576. The first-order chi connectivity index (χ1) is 15.4. The van der Waals surface area contributed by atoms with Crippen LogP contribution in [0, 0.1) is 0 Å². The van der Waals surface area contributed by atoms with E-state index in [1.807, 2.05) is 6.07 Å². The van der Waals surface area contributed by atoms with Gasteiger partial charge in [0.1, 0.15) is 11.5 Å². The molecule has 1 aliphatic rings. The lowest BCUT2D eigenvalue weighted by molar-refractivity contribution is -0.116. The molecule has 0 aliphatic carbocycles. The van der Waals surface area contributed by atoms with Crippen LogP contribution < -0.4 is 14.8 Å². The Kier molecular flexibility index (Phi) is 8.26. The molecule has 1 fully saturated rings. The summed E-state index contributed by atoms with van der Waals surface area (Å²) in [5.74, 6) is 1.06. The lowest BCUT2D eigenvalue weighted by Gasteiger charge is -2.26. The lowest BCUT2D eigenvalue weighted by Crippen LogP contribution is -2.40. The van der Waals surface area contributed by atoms with E-state index in [1.54, 1.807) is 56.7 Å². The number of ether oxygens (including phenoxy) is 3. The Morgan fingerprint density at radius 1 is 1.09 bits per heavy atom. The Labute approximate surface area is 188 Å². The maximum atomic E-state index is 12.7. The van der Waals surface area contributed by atoms with Crippen LogP contribution in [0.4, 0.5) is 0 Å². The van der Waals surface area contributed by atoms with Gasteiger partial charge in [0.25, 0.3) is 0 Å². The highest BCUT2D eigenvalue weighted by Crippen LogP contribution is 2.25. The Morgan fingerprint density at radius 2 is 1.81 bits per heavy atom. The van der Waals surface area contributed by atoms with Crippen LogP contribution in [0.5, 0.6) is 11.5 Å². The fraction of sp³-hybridized carbons (Fsp3) is 0.348. The van der Waals surface area contributed by atoms with Gasteiger partial charge in [-0.2, -0.15) is 4.31 Å². The van der Waals surface area contributed by atoms with Crippen LogP contribution >= 0.6 is 0 Å². The first-order valence-electron chi connectivity index (χ1n) is 10.3. The Morgan fingerprint density at radius 3 is 2.47 bits per heavy atom. The molecule has 0 aromatic heterocycles. The van der Waals surface area contributed by atoms with Gasteiger partial charge in [-0.15, -0.1) is 0 Å². The second-order valence-corrected chi connectivity index (χ2v) is 9.08. The van der Waals surface area contributed by atoms with Gasteiger partial charge in [-0.1, -0.05) is 12.1 Å². The number of hydrogen-bond donors (Lipinski definition) is 1. The van der Waals surface area contributed by atoms with E-state index in [0.29, 0.717) is 50.8 Å². The van der Waals surface area contributed by atoms with E-state index in [2.05, 4.69) is 5.32 Å². The predicted octanol–water partition coefficient (Wildman–Crippen LogP) is 2.10. The molecule has 32 heavy (non-hydrogen) atoms. The van der Waals surface area contributed by atoms with Crippen molar-refractivity contribution in [3.8, 4) is 11.5 Å². The van der Waals surface area contributed by atoms with Crippen molar-refractivity contribution in [3.63, 3.8) is 0 Å². The SMILES string of the molecule is COc1ccc(/C=C/C(=O)NCCc2ccc(S(=O)(=O)N3CCOCC3)cc2)c(OC)c1. The number of morpholine rings is 1. The van der Waals surface area contributed by atoms with E-state index in [9.17, 15) is 13.2 Å². The summed E-state index contributed by atoms with van der Waals surface area (Å²) >= 11 is 0. The van der Waals surface area contributed by atoms with Gasteiger partial charge in [-0.05, 0) is 42.3 Å².